The van der Waals surface area contributed by atoms with Crippen molar-refractivity contribution in [2.45, 2.75) is 33.4 Å². The zero-order chi connectivity index (χ0) is 18.7. The van der Waals surface area contributed by atoms with Crippen LogP contribution in [0.1, 0.15) is 45.5 Å². The lowest BCUT2D eigenvalue weighted by atomic mass is 10.1. The molecule has 3 rings (SSSR count). The summed E-state index contributed by atoms with van der Waals surface area (Å²) in [5.41, 5.74) is 1.63. The first-order valence-corrected chi connectivity index (χ1v) is 9.07. The van der Waals surface area contributed by atoms with E-state index in [2.05, 4.69) is 25.3 Å². The number of aryl methyl sites for hydroxylation is 2. The van der Waals surface area contributed by atoms with E-state index >= 15 is 0 Å². The number of nitrogens with one attached hydrogen (secondary N) is 1. The van der Waals surface area contributed by atoms with E-state index in [-0.39, 0.29) is 11.9 Å². The topological polar surface area (TPSA) is 84.2 Å². The summed E-state index contributed by atoms with van der Waals surface area (Å²) in [6, 6.07) is 7.54. The summed E-state index contributed by atoms with van der Waals surface area (Å²) < 4.78 is 5.24. The zero-order valence-corrected chi connectivity index (χ0v) is 16.0. The highest BCUT2D eigenvalue weighted by molar-refractivity contribution is 7.15. The number of benzene rings is 1. The smallest absolute Gasteiger partial charge is 0.257 e. The number of anilines is 1. The number of hydrogen-bond donors (Lipinski definition) is 1. The first-order chi connectivity index (χ1) is 12.4. The number of nitrogens with zero attached hydrogens (tertiary/aromatic N) is 4. The van der Waals surface area contributed by atoms with Crippen LogP contribution in [0.3, 0.4) is 0 Å². The molecule has 2 aromatic heterocycles. The Morgan fingerprint density at radius 1 is 1.38 bits per heavy atom. The van der Waals surface area contributed by atoms with Crippen LogP contribution in [-0.4, -0.2) is 33.0 Å². The minimum Gasteiger partial charge on any atom is -0.338 e. The van der Waals surface area contributed by atoms with Crippen molar-refractivity contribution in [3.8, 4) is 0 Å². The monoisotopic (exact) mass is 371 g/mol. The minimum atomic E-state index is -0.163. The molecule has 1 amide bonds. The van der Waals surface area contributed by atoms with Gasteiger partial charge in [-0.1, -0.05) is 17.3 Å². The van der Waals surface area contributed by atoms with Gasteiger partial charge >= 0.3 is 0 Å². The molecule has 0 bridgehead atoms. The molecule has 1 aromatic carbocycles. The van der Waals surface area contributed by atoms with Gasteiger partial charge in [-0.05, 0) is 45.5 Å². The van der Waals surface area contributed by atoms with Gasteiger partial charge in [0.2, 0.25) is 5.89 Å². The van der Waals surface area contributed by atoms with Crippen molar-refractivity contribution in [2.24, 2.45) is 0 Å². The number of rotatable bonds is 6. The summed E-state index contributed by atoms with van der Waals surface area (Å²) in [4.78, 5) is 24.0. The molecule has 1 atom stereocenters. The van der Waals surface area contributed by atoms with Gasteiger partial charge in [-0.2, -0.15) is 4.98 Å². The molecule has 0 saturated heterocycles. The third-order valence-corrected chi connectivity index (χ3v) is 4.85. The largest absolute Gasteiger partial charge is 0.338 e. The number of amides is 1. The summed E-state index contributed by atoms with van der Waals surface area (Å²) in [5, 5.41) is 7.27. The van der Waals surface area contributed by atoms with Gasteiger partial charge in [-0.15, -0.1) is 11.3 Å². The summed E-state index contributed by atoms with van der Waals surface area (Å²) in [7, 11) is 1.98. The highest BCUT2D eigenvalue weighted by atomic mass is 32.1. The fraction of sp³-hybridized carbons (Fsp3) is 0.333. The molecular weight excluding hydrogens is 350 g/mol. The van der Waals surface area contributed by atoms with E-state index in [0.29, 0.717) is 29.0 Å². The molecule has 0 aliphatic heterocycles. The maximum Gasteiger partial charge on any atom is 0.257 e. The molecule has 1 N–H and O–H groups in total. The molecule has 0 saturated carbocycles. The molecule has 0 aliphatic carbocycles. The third kappa shape index (κ3) is 4.33. The molecule has 2 heterocycles. The summed E-state index contributed by atoms with van der Waals surface area (Å²) in [5.74, 6) is 1.04. The predicted octanol–water partition coefficient (Wildman–Crippen LogP) is 3.59. The second-order valence-corrected chi connectivity index (χ2v) is 7.44. The van der Waals surface area contributed by atoms with Crippen molar-refractivity contribution < 1.29 is 9.32 Å². The lowest BCUT2D eigenvalue weighted by Crippen LogP contribution is -2.22. The van der Waals surface area contributed by atoms with Gasteiger partial charge in [0.05, 0.1) is 6.04 Å². The maximum absolute atomic E-state index is 12.4. The highest BCUT2D eigenvalue weighted by Crippen LogP contribution is 2.20. The van der Waals surface area contributed by atoms with E-state index in [9.17, 15) is 4.79 Å². The normalized spacial score (nSPS) is 12.3. The summed E-state index contributed by atoms with van der Waals surface area (Å²) in [6.07, 6.45) is 1.74. The van der Waals surface area contributed by atoms with Crippen LogP contribution in [0, 0.1) is 13.8 Å². The Hall–Kier alpha value is -2.58. The summed E-state index contributed by atoms with van der Waals surface area (Å²) >= 11 is 1.45. The van der Waals surface area contributed by atoms with Crippen LogP contribution in [0.15, 0.2) is 35.0 Å². The highest BCUT2D eigenvalue weighted by Gasteiger charge is 2.18. The molecule has 0 spiro atoms. The van der Waals surface area contributed by atoms with E-state index in [1.54, 1.807) is 19.2 Å². The Balaban J connectivity index is 1.67. The fourth-order valence-electron chi connectivity index (χ4n) is 2.49. The zero-order valence-electron chi connectivity index (χ0n) is 15.2. The lowest BCUT2D eigenvalue weighted by molar-refractivity contribution is 0.102. The average molecular weight is 371 g/mol. The molecular formula is C18H21N5O2S. The molecule has 136 valence electrons. The van der Waals surface area contributed by atoms with Gasteiger partial charge < -0.3 is 4.52 Å². The molecule has 26 heavy (non-hydrogen) atoms. The van der Waals surface area contributed by atoms with Crippen molar-refractivity contribution in [3.05, 3.63) is 58.2 Å². The van der Waals surface area contributed by atoms with Crippen molar-refractivity contribution >= 4 is 22.4 Å². The average Bonchev–Trinajstić information content (AvgIpc) is 3.22. The van der Waals surface area contributed by atoms with E-state index in [0.717, 1.165) is 10.4 Å². The standard InChI is InChI=1S/C18H21N5O2S/c1-11-9-19-18(26-11)21-16(24)15-7-5-6-14(8-15)10-23(4)12(2)17-20-13(3)22-25-17/h5-9,12H,10H2,1-4H3,(H,19,21,24)/t12-/m0/s1. The van der Waals surface area contributed by atoms with E-state index in [1.165, 1.54) is 11.3 Å². The Morgan fingerprint density at radius 2 is 2.19 bits per heavy atom. The number of carbonyl (C=O) groups is 1. The van der Waals surface area contributed by atoms with Gasteiger partial charge in [-0.3, -0.25) is 15.0 Å². The number of carbonyl (C=O) groups excluding carboxylic acids is 1. The molecule has 0 fully saturated rings. The molecule has 0 unspecified atom stereocenters. The van der Waals surface area contributed by atoms with Crippen LogP contribution in [0.4, 0.5) is 5.13 Å². The van der Waals surface area contributed by atoms with Crippen molar-refractivity contribution in [1.29, 1.82) is 0 Å². The molecule has 8 heteroatoms. The number of hydrogen-bond acceptors (Lipinski definition) is 7. The third-order valence-electron chi connectivity index (χ3n) is 4.02. The van der Waals surface area contributed by atoms with Crippen LogP contribution >= 0.6 is 11.3 Å². The molecule has 0 aliphatic rings. The maximum atomic E-state index is 12.4. The Labute approximate surface area is 156 Å². The van der Waals surface area contributed by atoms with E-state index in [4.69, 9.17) is 4.52 Å². The first-order valence-electron chi connectivity index (χ1n) is 8.25. The quantitative estimate of drug-likeness (QED) is 0.713. The SMILES string of the molecule is Cc1noc([C@H](C)N(C)Cc2cccc(C(=O)Nc3ncc(C)s3)c2)n1. The van der Waals surface area contributed by atoms with Gasteiger partial charge in [0.15, 0.2) is 11.0 Å². The van der Waals surface area contributed by atoms with Crippen molar-refractivity contribution in [1.82, 2.24) is 20.0 Å². The first kappa shape index (κ1) is 18.2. The van der Waals surface area contributed by atoms with E-state index < -0.39 is 0 Å². The Morgan fingerprint density at radius 3 is 2.85 bits per heavy atom. The molecule has 0 radical (unpaired) electrons. The van der Waals surface area contributed by atoms with Crippen molar-refractivity contribution in [3.63, 3.8) is 0 Å². The Bertz CT molecular complexity index is 904. The van der Waals surface area contributed by atoms with Crippen LogP contribution in [0.25, 0.3) is 0 Å². The van der Waals surface area contributed by atoms with Crippen LogP contribution in [0.2, 0.25) is 0 Å². The van der Waals surface area contributed by atoms with Crippen LogP contribution < -0.4 is 5.32 Å². The molecule has 3 aromatic rings. The van der Waals surface area contributed by atoms with Gasteiger partial charge in [0, 0.05) is 23.2 Å². The van der Waals surface area contributed by atoms with Gasteiger partial charge in [0.25, 0.3) is 5.91 Å². The van der Waals surface area contributed by atoms with Crippen LogP contribution in [0.5, 0.6) is 0 Å². The fourth-order valence-corrected chi connectivity index (χ4v) is 3.15. The summed E-state index contributed by atoms with van der Waals surface area (Å²) in [6.45, 7) is 6.41. The number of aromatic nitrogens is 3. The minimum absolute atomic E-state index is 0.0213. The Kier molecular flexibility index (Phi) is 5.43. The van der Waals surface area contributed by atoms with Gasteiger partial charge in [0.1, 0.15) is 0 Å². The van der Waals surface area contributed by atoms with Gasteiger partial charge in [-0.25, -0.2) is 4.98 Å². The predicted molar refractivity (Wildman–Crippen MR) is 100 cm³/mol. The number of thiazole rings is 1. The lowest BCUT2D eigenvalue weighted by Gasteiger charge is -2.21. The van der Waals surface area contributed by atoms with E-state index in [1.807, 2.05) is 39.1 Å². The second kappa shape index (κ2) is 7.76. The van der Waals surface area contributed by atoms with Crippen molar-refractivity contribution in [2.75, 3.05) is 12.4 Å². The van der Waals surface area contributed by atoms with Crippen LogP contribution in [-0.2, 0) is 6.54 Å². The molecule has 7 nitrogen and oxygen atoms in total. The second-order valence-electron chi connectivity index (χ2n) is 6.20.